The van der Waals surface area contributed by atoms with Crippen LogP contribution >= 0.6 is 0 Å². The first kappa shape index (κ1) is 14.0. The normalized spacial score (nSPS) is 42.0. The average molecular weight is 302 g/mol. The van der Waals surface area contributed by atoms with Crippen molar-refractivity contribution in [2.45, 2.75) is 43.0 Å². The summed E-state index contributed by atoms with van der Waals surface area (Å²) in [5.41, 5.74) is -4.00. The van der Waals surface area contributed by atoms with Crippen molar-refractivity contribution >= 4 is 0 Å². The molecule has 3 aliphatic rings. The van der Waals surface area contributed by atoms with E-state index in [0.29, 0.717) is 0 Å². The highest BCUT2D eigenvalue weighted by Gasteiger charge is 2.87. The minimum Gasteiger partial charge on any atom is -0.498 e. The molecule has 3 fully saturated rings. The van der Waals surface area contributed by atoms with Crippen molar-refractivity contribution in [2.24, 2.45) is 17.8 Å². The summed E-state index contributed by atoms with van der Waals surface area (Å²) in [6, 6.07) is 0. The second kappa shape index (κ2) is 3.84. The molecule has 3 rings (SSSR count). The summed E-state index contributed by atoms with van der Waals surface area (Å²) >= 11 is 0. The van der Waals surface area contributed by atoms with Gasteiger partial charge < -0.3 is 9.47 Å². The third-order valence-corrected chi connectivity index (χ3v) is 4.78. The van der Waals surface area contributed by atoms with Gasteiger partial charge in [-0.25, -0.2) is 0 Å². The van der Waals surface area contributed by atoms with Crippen LogP contribution in [0.15, 0.2) is 12.8 Å². The first-order valence-electron chi connectivity index (χ1n) is 6.21. The summed E-state index contributed by atoms with van der Waals surface area (Å²) in [6.07, 6.45) is -10.7. The molecule has 5 atom stereocenters. The molecule has 0 aromatic carbocycles. The zero-order chi connectivity index (χ0) is 14.9. The van der Waals surface area contributed by atoms with Gasteiger partial charge in [-0.1, -0.05) is 6.58 Å². The fourth-order valence-corrected chi connectivity index (χ4v) is 4.14. The summed E-state index contributed by atoms with van der Waals surface area (Å²) in [6.45, 7) is 3.35. The fourth-order valence-electron chi connectivity index (χ4n) is 4.14. The number of fused-ring (bicyclic) bond motifs is 5. The summed E-state index contributed by atoms with van der Waals surface area (Å²) in [4.78, 5) is 0. The summed E-state index contributed by atoms with van der Waals surface area (Å²) in [7, 11) is 0. The molecule has 0 N–H and O–H groups in total. The van der Waals surface area contributed by atoms with Crippen LogP contribution in [0.25, 0.3) is 0 Å². The molecule has 2 aliphatic carbocycles. The van der Waals surface area contributed by atoms with Crippen LogP contribution in [0.5, 0.6) is 0 Å². The van der Waals surface area contributed by atoms with E-state index in [4.69, 9.17) is 4.74 Å². The molecule has 2 bridgehead atoms. The van der Waals surface area contributed by atoms with E-state index in [9.17, 15) is 26.3 Å². The van der Waals surface area contributed by atoms with E-state index in [-0.39, 0.29) is 12.8 Å². The summed E-state index contributed by atoms with van der Waals surface area (Å²) in [5, 5.41) is 0. The predicted octanol–water partition coefficient (Wildman–Crippen LogP) is 3.43. The van der Waals surface area contributed by atoms with Crippen molar-refractivity contribution in [2.75, 3.05) is 0 Å². The van der Waals surface area contributed by atoms with Gasteiger partial charge in [0.2, 0.25) is 0 Å². The standard InChI is InChI=1S/C12H12F6O2/c1-2-19-7-4-5-3-6(7)9-8(5)10(20-9,11(13,14)15)12(16,17)18/h2,5-9H,1,3-4H2/t5-,6+,7?,8?,9?/m0/s1. The Hall–Kier alpha value is -0.920. The predicted molar refractivity (Wildman–Crippen MR) is 54.5 cm³/mol. The van der Waals surface area contributed by atoms with Crippen LogP contribution in [0.2, 0.25) is 0 Å². The van der Waals surface area contributed by atoms with E-state index in [1.165, 1.54) is 6.26 Å². The summed E-state index contributed by atoms with van der Waals surface area (Å²) < 4.78 is 87.4. The summed E-state index contributed by atoms with van der Waals surface area (Å²) in [5.74, 6) is -2.63. The van der Waals surface area contributed by atoms with Gasteiger partial charge in [-0.3, -0.25) is 0 Å². The van der Waals surface area contributed by atoms with Crippen LogP contribution in [-0.4, -0.2) is 30.2 Å². The SMILES string of the molecule is C=COC1C[C@@H]2C[C@H]1C1OC(C(F)(F)F)(C(F)(F)F)C12. The molecule has 0 amide bonds. The lowest BCUT2D eigenvalue weighted by Gasteiger charge is -2.57. The van der Waals surface area contributed by atoms with Crippen LogP contribution in [0.1, 0.15) is 12.8 Å². The minimum atomic E-state index is -5.45. The highest BCUT2D eigenvalue weighted by atomic mass is 19.4. The highest BCUT2D eigenvalue weighted by molar-refractivity contribution is 5.21. The Morgan fingerprint density at radius 3 is 2.15 bits per heavy atom. The topological polar surface area (TPSA) is 18.5 Å². The Morgan fingerprint density at radius 1 is 1.10 bits per heavy atom. The smallest absolute Gasteiger partial charge is 0.426 e. The number of hydrogen-bond acceptors (Lipinski definition) is 2. The monoisotopic (exact) mass is 302 g/mol. The molecule has 20 heavy (non-hydrogen) atoms. The number of hydrogen-bond donors (Lipinski definition) is 0. The third-order valence-electron chi connectivity index (χ3n) is 4.78. The molecule has 0 radical (unpaired) electrons. The van der Waals surface area contributed by atoms with Crippen molar-refractivity contribution in [3.8, 4) is 0 Å². The van der Waals surface area contributed by atoms with E-state index in [2.05, 4.69) is 11.3 Å². The van der Waals surface area contributed by atoms with E-state index in [1.54, 1.807) is 0 Å². The second-order valence-corrected chi connectivity index (χ2v) is 5.58. The maximum absolute atomic E-state index is 13.0. The molecule has 3 unspecified atom stereocenters. The molecule has 0 aromatic heterocycles. The maximum atomic E-state index is 13.0. The van der Waals surface area contributed by atoms with E-state index in [0.717, 1.165) is 0 Å². The van der Waals surface area contributed by atoms with Crippen molar-refractivity contribution in [3.63, 3.8) is 0 Å². The number of halogens is 6. The van der Waals surface area contributed by atoms with Gasteiger partial charge >= 0.3 is 12.4 Å². The minimum absolute atomic E-state index is 0.190. The molecule has 114 valence electrons. The molecular formula is C12H12F6O2. The average Bonchev–Trinajstić information content (AvgIpc) is 2.66. The second-order valence-electron chi connectivity index (χ2n) is 5.58. The molecule has 1 heterocycles. The highest BCUT2D eigenvalue weighted by Crippen LogP contribution is 2.69. The van der Waals surface area contributed by atoms with Gasteiger partial charge in [0.15, 0.2) is 0 Å². The lowest BCUT2D eigenvalue weighted by molar-refractivity contribution is -0.473. The Balaban J connectivity index is 1.90. The third kappa shape index (κ3) is 1.46. The Morgan fingerprint density at radius 2 is 1.70 bits per heavy atom. The van der Waals surface area contributed by atoms with Crippen LogP contribution in [0.4, 0.5) is 26.3 Å². The van der Waals surface area contributed by atoms with Crippen LogP contribution in [0.3, 0.4) is 0 Å². The first-order chi connectivity index (χ1) is 9.13. The maximum Gasteiger partial charge on any atom is 0.426 e. The molecule has 0 spiro atoms. The molecule has 1 aliphatic heterocycles. The van der Waals surface area contributed by atoms with Crippen molar-refractivity contribution in [3.05, 3.63) is 12.8 Å². The molecule has 1 saturated heterocycles. The Labute approximate surface area is 110 Å². The fraction of sp³-hybridized carbons (Fsp3) is 0.833. The largest absolute Gasteiger partial charge is 0.498 e. The van der Waals surface area contributed by atoms with Crippen molar-refractivity contribution in [1.82, 2.24) is 0 Å². The Bertz CT molecular complexity index is 413. The lowest BCUT2D eigenvalue weighted by Crippen LogP contribution is -2.76. The van der Waals surface area contributed by atoms with Gasteiger partial charge in [-0.2, -0.15) is 26.3 Å². The van der Waals surface area contributed by atoms with Crippen molar-refractivity contribution < 1.29 is 35.8 Å². The van der Waals surface area contributed by atoms with Gasteiger partial charge in [0.05, 0.1) is 12.4 Å². The Kier molecular flexibility index (Phi) is 2.69. The molecular weight excluding hydrogens is 290 g/mol. The van der Waals surface area contributed by atoms with Gasteiger partial charge in [-0.15, -0.1) is 0 Å². The number of ether oxygens (including phenoxy) is 2. The molecule has 8 heteroatoms. The van der Waals surface area contributed by atoms with Gasteiger partial charge in [0.1, 0.15) is 6.10 Å². The molecule has 0 aromatic rings. The van der Waals surface area contributed by atoms with Crippen LogP contribution in [-0.2, 0) is 9.47 Å². The van der Waals surface area contributed by atoms with E-state index < -0.39 is 47.9 Å². The lowest BCUT2D eigenvalue weighted by atomic mass is 9.67. The molecule has 2 nitrogen and oxygen atoms in total. The van der Waals surface area contributed by atoms with E-state index in [1.807, 2.05) is 0 Å². The van der Waals surface area contributed by atoms with Gasteiger partial charge in [-0.05, 0) is 18.8 Å². The molecule has 2 saturated carbocycles. The van der Waals surface area contributed by atoms with Crippen molar-refractivity contribution in [1.29, 1.82) is 0 Å². The quantitative estimate of drug-likeness (QED) is 0.575. The number of alkyl halides is 6. The van der Waals surface area contributed by atoms with Crippen LogP contribution < -0.4 is 0 Å². The number of rotatable bonds is 2. The van der Waals surface area contributed by atoms with Gasteiger partial charge in [0.25, 0.3) is 5.60 Å². The first-order valence-corrected chi connectivity index (χ1v) is 6.21. The zero-order valence-corrected chi connectivity index (χ0v) is 10.2. The van der Waals surface area contributed by atoms with Gasteiger partial charge in [0, 0.05) is 11.8 Å². The van der Waals surface area contributed by atoms with Crippen LogP contribution in [0, 0.1) is 17.8 Å². The zero-order valence-electron chi connectivity index (χ0n) is 10.2. The van der Waals surface area contributed by atoms with E-state index >= 15 is 0 Å².